The van der Waals surface area contributed by atoms with E-state index in [1.807, 2.05) is 30.5 Å². The van der Waals surface area contributed by atoms with Crippen molar-refractivity contribution in [3.63, 3.8) is 0 Å². The Hall–Kier alpha value is -1.88. The third-order valence-electron chi connectivity index (χ3n) is 3.80. The summed E-state index contributed by atoms with van der Waals surface area (Å²) in [6.45, 7) is 3.39. The number of guanidine groups is 1. The molecule has 0 fully saturated rings. The standard InChI is InChI=1S/C19H27N5O2S.HI/c1-5-16-11-21-17(27-16)12-23-19(20-2)22-10-14-7-6-8-15(9-14)26-13-18(25)24(3)4;/h6-9,11H,5,10,12-13H2,1-4H3,(H2,20,22,23);1H. The number of aryl methyl sites for hydroxylation is 1. The van der Waals surface area contributed by atoms with Crippen molar-refractivity contribution in [2.24, 2.45) is 4.99 Å². The number of amides is 1. The molecule has 0 unspecified atom stereocenters. The molecule has 0 saturated heterocycles. The van der Waals surface area contributed by atoms with Crippen molar-refractivity contribution >= 4 is 47.2 Å². The van der Waals surface area contributed by atoms with Gasteiger partial charge in [-0.25, -0.2) is 4.98 Å². The molecular formula is C19H28IN5O2S. The van der Waals surface area contributed by atoms with E-state index < -0.39 is 0 Å². The number of nitrogens with one attached hydrogen (secondary N) is 2. The van der Waals surface area contributed by atoms with Gasteiger partial charge in [-0.2, -0.15) is 0 Å². The number of hydrogen-bond donors (Lipinski definition) is 2. The van der Waals surface area contributed by atoms with Crippen molar-refractivity contribution in [1.29, 1.82) is 0 Å². The molecule has 1 aromatic heterocycles. The molecule has 9 heteroatoms. The SMILES string of the molecule is CCc1cnc(CNC(=NC)NCc2cccc(OCC(=O)N(C)C)c2)s1.I. The van der Waals surface area contributed by atoms with Crippen LogP contribution in [0.5, 0.6) is 5.75 Å². The van der Waals surface area contributed by atoms with E-state index in [2.05, 4.69) is 27.5 Å². The number of rotatable bonds is 8. The molecular weight excluding hydrogens is 489 g/mol. The second kappa shape index (κ2) is 12.6. The van der Waals surface area contributed by atoms with Crippen molar-refractivity contribution in [2.75, 3.05) is 27.7 Å². The minimum Gasteiger partial charge on any atom is -0.484 e. The molecule has 0 aliphatic heterocycles. The van der Waals surface area contributed by atoms with E-state index in [4.69, 9.17) is 4.74 Å². The van der Waals surface area contributed by atoms with Gasteiger partial charge in [0, 0.05) is 38.8 Å². The van der Waals surface area contributed by atoms with Gasteiger partial charge in [0.15, 0.2) is 12.6 Å². The highest BCUT2D eigenvalue weighted by molar-refractivity contribution is 14.0. The van der Waals surface area contributed by atoms with Crippen molar-refractivity contribution in [3.05, 3.63) is 45.9 Å². The van der Waals surface area contributed by atoms with Gasteiger partial charge >= 0.3 is 0 Å². The molecule has 0 spiro atoms. The van der Waals surface area contributed by atoms with Gasteiger partial charge in [-0.1, -0.05) is 19.1 Å². The zero-order valence-corrected chi connectivity index (χ0v) is 19.8. The molecule has 1 amide bonds. The lowest BCUT2D eigenvalue weighted by Gasteiger charge is -2.13. The van der Waals surface area contributed by atoms with Crippen molar-refractivity contribution in [2.45, 2.75) is 26.4 Å². The Balaban J connectivity index is 0.00000392. The quantitative estimate of drug-likeness (QED) is 0.320. The monoisotopic (exact) mass is 517 g/mol. The number of benzene rings is 1. The highest BCUT2D eigenvalue weighted by atomic mass is 127. The van der Waals surface area contributed by atoms with Gasteiger partial charge < -0.3 is 20.3 Å². The maximum absolute atomic E-state index is 11.6. The zero-order valence-electron chi connectivity index (χ0n) is 16.7. The molecule has 0 aliphatic rings. The number of halogens is 1. The summed E-state index contributed by atoms with van der Waals surface area (Å²) in [6, 6.07) is 7.66. The number of ether oxygens (including phenoxy) is 1. The molecule has 0 bridgehead atoms. The first-order chi connectivity index (χ1) is 13.0. The van der Waals surface area contributed by atoms with Crippen LogP contribution in [-0.2, 0) is 24.3 Å². The Bertz CT molecular complexity index is 779. The molecule has 1 aromatic carbocycles. The average Bonchev–Trinajstić information content (AvgIpc) is 3.14. The topological polar surface area (TPSA) is 78.9 Å². The molecule has 2 rings (SSSR count). The van der Waals surface area contributed by atoms with Crippen molar-refractivity contribution < 1.29 is 9.53 Å². The van der Waals surface area contributed by atoms with Gasteiger partial charge in [0.2, 0.25) is 0 Å². The number of carbonyl (C=O) groups excluding carboxylic acids is 1. The summed E-state index contributed by atoms with van der Waals surface area (Å²) in [6.07, 6.45) is 2.92. The molecule has 28 heavy (non-hydrogen) atoms. The third kappa shape index (κ3) is 8.01. The fourth-order valence-electron chi connectivity index (χ4n) is 2.18. The molecule has 1 heterocycles. The van der Waals surface area contributed by atoms with E-state index in [-0.39, 0.29) is 36.5 Å². The minimum atomic E-state index is -0.0726. The number of nitrogens with zero attached hydrogens (tertiary/aromatic N) is 3. The second-order valence-corrected chi connectivity index (χ2v) is 7.28. The van der Waals surface area contributed by atoms with Crippen LogP contribution in [-0.4, -0.2) is 49.5 Å². The maximum Gasteiger partial charge on any atom is 0.259 e. The first-order valence-electron chi connectivity index (χ1n) is 8.81. The number of carbonyl (C=O) groups is 1. The van der Waals surface area contributed by atoms with Gasteiger partial charge in [-0.15, -0.1) is 35.3 Å². The fraction of sp³-hybridized carbons (Fsp3) is 0.421. The smallest absolute Gasteiger partial charge is 0.259 e. The van der Waals surface area contributed by atoms with E-state index in [0.29, 0.717) is 24.8 Å². The molecule has 0 atom stereocenters. The summed E-state index contributed by atoms with van der Waals surface area (Å²) in [7, 11) is 5.15. The third-order valence-corrected chi connectivity index (χ3v) is 4.94. The summed E-state index contributed by atoms with van der Waals surface area (Å²) >= 11 is 1.71. The number of likely N-dealkylation sites (N-methyl/N-ethyl adjacent to an activating group) is 1. The number of aliphatic imine (C=N–C) groups is 1. The summed E-state index contributed by atoms with van der Waals surface area (Å²) in [4.78, 5) is 23.0. The predicted molar refractivity (Wildman–Crippen MR) is 125 cm³/mol. The van der Waals surface area contributed by atoms with Crippen LogP contribution in [0.2, 0.25) is 0 Å². The van der Waals surface area contributed by atoms with Crippen LogP contribution in [0.25, 0.3) is 0 Å². The molecule has 0 aliphatic carbocycles. The molecule has 2 N–H and O–H groups in total. The Morgan fingerprint density at radius 3 is 2.68 bits per heavy atom. The van der Waals surface area contributed by atoms with Gasteiger partial charge in [0.1, 0.15) is 10.8 Å². The Morgan fingerprint density at radius 1 is 1.29 bits per heavy atom. The van der Waals surface area contributed by atoms with Crippen LogP contribution in [0.3, 0.4) is 0 Å². The lowest BCUT2D eigenvalue weighted by molar-refractivity contribution is -0.130. The molecule has 154 valence electrons. The lowest BCUT2D eigenvalue weighted by atomic mass is 10.2. The zero-order chi connectivity index (χ0) is 19.6. The predicted octanol–water partition coefficient (Wildman–Crippen LogP) is 2.66. The summed E-state index contributed by atoms with van der Waals surface area (Å²) in [5.74, 6) is 1.30. The Kier molecular flexibility index (Phi) is 10.8. The second-order valence-electron chi connectivity index (χ2n) is 6.08. The number of hydrogen-bond acceptors (Lipinski definition) is 5. The van der Waals surface area contributed by atoms with Crippen LogP contribution >= 0.6 is 35.3 Å². The van der Waals surface area contributed by atoms with E-state index in [1.165, 1.54) is 9.78 Å². The van der Waals surface area contributed by atoms with E-state index in [0.717, 1.165) is 17.0 Å². The number of thiazole rings is 1. The van der Waals surface area contributed by atoms with Crippen LogP contribution in [0.1, 0.15) is 22.4 Å². The van der Waals surface area contributed by atoms with Gasteiger partial charge in [0.05, 0.1) is 6.54 Å². The maximum atomic E-state index is 11.6. The van der Waals surface area contributed by atoms with E-state index in [1.54, 1.807) is 32.5 Å². The van der Waals surface area contributed by atoms with Crippen molar-refractivity contribution in [3.8, 4) is 5.75 Å². The fourth-order valence-corrected chi connectivity index (χ4v) is 2.98. The van der Waals surface area contributed by atoms with Gasteiger partial charge in [-0.05, 0) is 24.1 Å². The normalized spacial score (nSPS) is 10.8. The van der Waals surface area contributed by atoms with Crippen molar-refractivity contribution in [1.82, 2.24) is 20.5 Å². The van der Waals surface area contributed by atoms with Crippen LogP contribution in [0, 0.1) is 0 Å². The van der Waals surface area contributed by atoms with Crippen LogP contribution < -0.4 is 15.4 Å². The summed E-state index contributed by atoms with van der Waals surface area (Å²) in [5, 5.41) is 7.58. The Morgan fingerprint density at radius 2 is 2.04 bits per heavy atom. The van der Waals surface area contributed by atoms with Gasteiger partial charge in [0.25, 0.3) is 5.91 Å². The highest BCUT2D eigenvalue weighted by Gasteiger charge is 2.06. The molecule has 0 radical (unpaired) electrons. The summed E-state index contributed by atoms with van der Waals surface area (Å²) < 4.78 is 5.55. The van der Waals surface area contributed by atoms with Crippen LogP contribution in [0.4, 0.5) is 0 Å². The number of aromatic nitrogens is 1. The van der Waals surface area contributed by atoms with E-state index in [9.17, 15) is 4.79 Å². The Labute approximate surface area is 187 Å². The molecule has 7 nitrogen and oxygen atoms in total. The highest BCUT2D eigenvalue weighted by Crippen LogP contribution is 2.14. The van der Waals surface area contributed by atoms with E-state index >= 15 is 0 Å². The summed E-state index contributed by atoms with van der Waals surface area (Å²) in [5.41, 5.74) is 1.04. The largest absolute Gasteiger partial charge is 0.484 e. The lowest BCUT2D eigenvalue weighted by Crippen LogP contribution is -2.36. The minimum absolute atomic E-state index is 0. The molecule has 0 saturated carbocycles. The van der Waals surface area contributed by atoms with Gasteiger partial charge in [-0.3, -0.25) is 9.79 Å². The van der Waals surface area contributed by atoms with Crippen LogP contribution in [0.15, 0.2) is 35.5 Å². The molecule has 2 aromatic rings. The first kappa shape index (κ1) is 24.2. The first-order valence-corrected chi connectivity index (χ1v) is 9.63. The average molecular weight is 517 g/mol.